The summed E-state index contributed by atoms with van der Waals surface area (Å²) in [6.07, 6.45) is -4.18. The van der Waals surface area contributed by atoms with Gasteiger partial charge in [-0.15, -0.1) is 30.3 Å². The number of rotatable bonds is 6. The highest BCUT2D eigenvalue weighted by atomic mass is 17.0. The maximum absolute atomic E-state index is 10.4. The molecule has 0 N–H and O–H groups in total. The molecule has 0 spiro atoms. The van der Waals surface area contributed by atoms with Crippen molar-refractivity contribution in [3.63, 3.8) is 0 Å². The Balaban J connectivity index is 2.97. The van der Waals surface area contributed by atoms with E-state index in [0.717, 1.165) is 0 Å². The number of nitrogens with zero attached hydrogens (tertiary/aromatic N) is 3. The van der Waals surface area contributed by atoms with Crippen LogP contribution >= 0.6 is 0 Å². The van der Waals surface area contributed by atoms with Gasteiger partial charge >= 0.3 is 0 Å². The van der Waals surface area contributed by atoms with Gasteiger partial charge in [0, 0.05) is 0 Å². The first kappa shape index (κ1) is 14.7. The van der Waals surface area contributed by atoms with Gasteiger partial charge in [-0.3, -0.25) is 0 Å². The fourth-order valence-corrected chi connectivity index (χ4v) is 2.11. The topological polar surface area (TPSA) is 157 Å². The van der Waals surface area contributed by atoms with Crippen LogP contribution in [-0.2, 0) is 14.5 Å². The Morgan fingerprint density at radius 2 is 0.947 bits per heavy atom. The van der Waals surface area contributed by atoms with E-state index in [1.807, 2.05) is 0 Å². The normalized spacial score (nSPS) is 33.5. The van der Waals surface area contributed by atoms with Gasteiger partial charge in [-0.2, -0.15) is 0 Å². The quantitative estimate of drug-likeness (QED) is 0.482. The van der Waals surface area contributed by atoms with Crippen LogP contribution < -0.4 is 0 Å². The first-order valence-corrected chi connectivity index (χ1v) is 5.17. The summed E-state index contributed by atoms with van der Waals surface area (Å²) in [5, 5.41) is 27.6. The smallest absolute Gasteiger partial charge is 0.294 e. The Morgan fingerprint density at radius 3 is 1.21 bits per heavy atom. The molecule has 0 aromatic rings. The first-order valence-electron chi connectivity index (χ1n) is 5.17. The third-order valence-electron chi connectivity index (χ3n) is 3.14. The minimum Gasteiger partial charge on any atom is -0.308 e. The van der Waals surface area contributed by atoms with Gasteiger partial charge in [-0.25, -0.2) is 0 Å². The molecule has 1 rings (SSSR count). The summed E-state index contributed by atoms with van der Waals surface area (Å²) >= 11 is 0. The molecule has 12 heteroatoms. The molecule has 0 aliphatic heterocycles. The van der Waals surface area contributed by atoms with Crippen molar-refractivity contribution in [3.05, 3.63) is 30.3 Å². The molecule has 0 amide bonds. The lowest BCUT2D eigenvalue weighted by Gasteiger charge is -2.21. The van der Waals surface area contributed by atoms with E-state index in [1.165, 1.54) is 13.8 Å². The molecule has 1 aliphatic rings. The molecule has 12 nitrogen and oxygen atoms in total. The second-order valence-electron chi connectivity index (χ2n) is 4.10. The van der Waals surface area contributed by atoms with Gasteiger partial charge < -0.3 is 14.5 Å². The van der Waals surface area contributed by atoms with Crippen molar-refractivity contribution in [2.24, 2.45) is 11.8 Å². The van der Waals surface area contributed by atoms with Crippen LogP contribution in [0.15, 0.2) is 0 Å². The summed E-state index contributed by atoms with van der Waals surface area (Å²) in [7, 11) is 0. The van der Waals surface area contributed by atoms with Crippen LogP contribution in [0.1, 0.15) is 13.8 Å². The van der Waals surface area contributed by atoms with Crippen LogP contribution in [-0.4, -0.2) is 33.6 Å². The van der Waals surface area contributed by atoms with E-state index in [2.05, 4.69) is 14.5 Å². The Bertz CT molecular complexity index is 360. The van der Waals surface area contributed by atoms with E-state index in [9.17, 15) is 30.3 Å². The van der Waals surface area contributed by atoms with E-state index in [1.54, 1.807) is 0 Å². The Kier molecular flexibility index (Phi) is 4.24. The summed E-state index contributed by atoms with van der Waals surface area (Å²) in [6.45, 7) is 3.00. The van der Waals surface area contributed by atoms with E-state index < -0.39 is 45.4 Å². The Morgan fingerprint density at radius 1 is 0.684 bits per heavy atom. The van der Waals surface area contributed by atoms with Crippen molar-refractivity contribution in [2.75, 3.05) is 0 Å². The van der Waals surface area contributed by atoms with E-state index in [-0.39, 0.29) is 0 Å². The van der Waals surface area contributed by atoms with Crippen molar-refractivity contribution in [2.45, 2.75) is 32.2 Å². The molecule has 1 fully saturated rings. The second kappa shape index (κ2) is 5.49. The van der Waals surface area contributed by atoms with Gasteiger partial charge in [0.2, 0.25) is 0 Å². The lowest BCUT2D eigenvalue weighted by molar-refractivity contribution is -0.813. The fourth-order valence-electron chi connectivity index (χ4n) is 2.11. The molecule has 4 atom stereocenters. The fraction of sp³-hybridized carbons (Fsp3) is 1.00. The zero-order valence-electron chi connectivity index (χ0n) is 9.90. The minimum absolute atomic E-state index is 0.597. The van der Waals surface area contributed by atoms with Gasteiger partial charge in [0.1, 0.15) is 12.2 Å². The Hall–Kier alpha value is -2.40. The van der Waals surface area contributed by atoms with Gasteiger partial charge in [0.05, 0.1) is 0 Å². The van der Waals surface area contributed by atoms with Crippen molar-refractivity contribution in [1.29, 1.82) is 0 Å². The second-order valence-corrected chi connectivity index (χ2v) is 4.10. The van der Waals surface area contributed by atoms with Crippen LogP contribution in [0.2, 0.25) is 0 Å². The zero-order valence-corrected chi connectivity index (χ0v) is 9.90. The van der Waals surface area contributed by atoms with Crippen molar-refractivity contribution in [1.82, 2.24) is 0 Å². The molecule has 0 saturated heterocycles. The highest BCUT2D eigenvalue weighted by molar-refractivity contribution is 4.95. The van der Waals surface area contributed by atoms with Crippen molar-refractivity contribution in [3.8, 4) is 0 Å². The molecular formula is C7H11N3O9. The molecule has 19 heavy (non-hydrogen) atoms. The predicted molar refractivity (Wildman–Crippen MR) is 53.9 cm³/mol. The van der Waals surface area contributed by atoms with E-state index >= 15 is 0 Å². The van der Waals surface area contributed by atoms with E-state index in [0.29, 0.717) is 0 Å². The standard InChI is InChI=1S/C7H11N3O9/c1-3-4(2)6(18-9(13)14)7(19-10(15)16)5(3)17-8(11)12/h3-7H,1-2H3. The third kappa shape index (κ3) is 3.29. The van der Waals surface area contributed by atoms with Crippen LogP contribution in [0.3, 0.4) is 0 Å². The lowest BCUT2D eigenvalue weighted by atomic mass is 9.98. The lowest BCUT2D eigenvalue weighted by Crippen LogP contribution is -2.40. The average molecular weight is 281 g/mol. The molecular weight excluding hydrogens is 270 g/mol. The van der Waals surface area contributed by atoms with Crippen LogP contribution in [0.4, 0.5) is 0 Å². The summed E-state index contributed by atoms with van der Waals surface area (Å²) in [5.41, 5.74) is 0. The summed E-state index contributed by atoms with van der Waals surface area (Å²) in [6, 6.07) is 0. The van der Waals surface area contributed by atoms with E-state index in [4.69, 9.17) is 0 Å². The van der Waals surface area contributed by atoms with Gasteiger partial charge in [0.15, 0.2) is 6.10 Å². The van der Waals surface area contributed by atoms with Crippen molar-refractivity contribution < 1.29 is 29.8 Å². The summed E-state index contributed by atoms with van der Waals surface area (Å²) in [4.78, 5) is 43.9. The molecule has 0 aromatic carbocycles. The molecule has 1 aliphatic carbocycles. The maximum Gasteiger partial charge on any atom is 0.294 e. The van der Waals surface area contributed by atoms with Crippen molar-refractivity contribution >= 4 is 0 Å². The minimum atomic E-state index is -1.55. The van der Waals surface area contributed by atoms with Gasteiger partial charge in [-0.05, 0) is 11.8 Å². The maximum atomic E-state index is 10.4. The highest BCUT2D eigenvalue weighted by Crippen LogP contribution is 2.38. The highest BCUT2D eigenvalue weighted by Gasteiger charge is 2.53. The van der Waals surface area contributed by atoms with Gasteiger partial charge in [0.25, 0.3) is 15.3 Å². The largest absolute Gasteiger partial charge is 0.308 e. The number of hydrogen-bond acceptors (Lipinski definition) is 9. The molecule has 4 unspecified atom stereocenters. The molecule has 108 valence electrons. The number of hydrogen-bond donors (Lipinski definition) is 0. The van der Waals surface area contributed by atoms with Crippen LogP contribution in [0, 0.1) is 42.2 Å². The third-order valence-corrected chi connectivity index (χ3v) is 3.14. The SMILES string of the molecule is CC1C(C)C(O[N+](=O)[O-])C(O[N+](=O)[O-])C1O[N+](=O)[O-]. The first-order chi connectivity index (χ1) is 8.73. The summed E-state index contributed by atoms with van der Waals surface area (Å²) in [5.74, 6) is -1.19. The van der Waals surface area contributed by atoms with Gasteiger partial charge in [-0.1, -0.05) is 13.8 Å². The van der Waals surface area contributed by atoms with Crippen LogP contribution in [0.25, 0.3) is 0 Å². The molecule has 0 bridgehead atoms. The molecule has 0 radical (unpaired) electrons. The van der Waals surface area contributed by atoms with Crippen LogP contribution in [0.5, 0.6) is 0 Å². The molecule has 0 heterocycles. The molecule has 1 saturated carbocycles. The monoisotopic (exact) mass is 281 g/mol. The summed E-state index contributed by atoms with van der Waals surface area (Å²) < 4.78 is 0. The Labute approximate surface area is 105 Å². The molecule has 0 aromatic heterocycles. The predicted octanol–water partition coefficient (Wildman–Crippen LogP) is 0.00290. The average Bonchev–Trinajstić information content (AvgIpc) is 2.44. The zero-order chi connectivity index (χ0) is 14.7.